The Morgan fingerprint density at radius 1 is 1.58 bits per heavy atom. The second-order valence-electron chi connectivity index (χ2n) is 2.20. The van der Waals surface area contributed by atoms with Crippen molar-refractivity contribution in [3.8, 4) is 6.07 Å². The predicted octanol–water partition coefficient (Wildman–Crippen LogP) is 1.92. The average Bonchev–Trinajstić information content (AvgIpc) is 2.09. The highest BCUT2D eigenvalue weighted by Gasteiger charge is 2.09. The lowest BCUT2D eigenvalue weighted by Gasteiger charge is -2.03. The fraction of sp³-hybridized carbons (Fsp3) is 0.125. The van der Waals surface area contributed by atoms with Crippen LogP contribution in [-0.2, 0) is 6.54 Å². The first-order valence-electron chi connectivity index (χ1n) is 3.27. The van der Waals surface area contributed by atoms with Crippen molar-refractivity contribution in [2.24, 2.45) is 5.73 Å². The van der Waals surface area contributed by atoms with Gasteiger partial charge in [-0.25, -0.2) is 4.39 Å². The summed E-state index contributed by atoms with van der Waals surface area (Å²) in [5.74, 6) is -0.448. The molecule has 12 heavy (non-hydrogen) atoms. The van der Waals surface area contributed by atoms with Crippen molar-refractivity contribution in [2.45, 2.75) is 6.54 Å². The standard InChI is InChI=1S/C8H6BrFN2/c9-7-2-1-5(3-11)6(4-12)8(7)10/h1-2H,4,12H2. The number of rotatable bonds is 1. The van der Waals surface area contributed by atoms with Crippen LogP contribution in [-0.4, -0.2) is 0 Å². The van der Waals surface area contributed by atoms with Crippen LogP contribution in [0.15, 0.2) is 16.6 Å². The van der Waals surface area contributed by atoms with Crippen LogP contribution in [0.3, 0.4) is 0 Å². The van der Waals surface area contributed by atoms with Gasteiger partial charge in [0.1, 0.15) is 5.82 Å². The van der Waals surface area contributed by atoms with Gasteiger partial charge in [0.05, 0.1) is 16.1 Å². The molecule has 4 heteroatoms. The minimum Gasteiger partial charge on any atom is -0.326 e. The van der Waals surface area contributed by atoms with Gasteiger partial charge < -0.3 is 5.73 Å². The summed E-state index contributed by atoms with van der Waals surface area (Å²) in [6, 6.07) is 4.90. The number of nitrogens with zero attached hydrogens (tertiary/aromatic N) is 1. The molecule has 2 N–H and O–H groups in total. The van der Waals surface area contributed by atoms with E-state index in [4.69, 9.17) is 11.0 Å². The molecule has 0 aromatic heterocycles. The highest BCUT2D eigenvalue weighted by atomic mass is 79.9. The van der Waals surface area contributed by atoms with Crippen LogP contribution in [0.1, 0.15) is 11.1 Å². The molecule has 1 rings (SSSR count). The number of nitrogens with two attached hydrogens (primary N) is 1. The first-order valence-corrected chi connectivity index (χ1v) is 4.07. The van der Waals surface area contributed by atoms with Gasteiger partial charge in [-0.3, -0.25) is 0 Å². The summed E-state index contributed by atoms with van der Waals surface area (Å²) in [5.41, 5.74) is 5.83. The van der Waals surface area contributed by atoms with E-state index in [1.807, 2.05) is 6.07 Å². The lowest BCUT2D eigenvalue weighted by Crippen LogP contribution is -2.03. The second-order valence-corrected chi connectivity index (χ2v) is 3.06. The smallest absolute Gasteiger partial charge is 0.143 e. The van der Waals surface area contributed by atoms with Crippen LogP contribution >= 0.6 is 15.9 Å². The van der Waals surface area contributed by atoms with Crippen LogP contribution in [0.5, 0.6) is 0 Å². The molecule has 62 valence electrons. The third kappa shape index (κ3) is 1.47. The van der Waals surface area contributed by atoms with E-state index in [1.165, 1.54) is 12.1 Å². The molecule has 0 spiro atoms. The van der Waals surface area contributed by atoms with E-state index in [2.05, 4.69) is 15.9 Å². The van der Waals surface area contributed by atoms with E-state index < -0.39 is 5.82 Å². The Bertz CT molecular complexity index is 344. The zero-order valence-electron chi connectivity index (χ0n) is 6.14. The van der Waals surface area contributed by atoms with Crippen molar-refractivity contribution in [2.75, 3.05) is 0 Å². The third-order valence-corrected chi connectivity index (χ3v) is 2.13. The number of benzene rings is 1. The van der Waals surface area contributed by atoms with Crippen molar-refractivity contribution in [1.29, 1.82) is 5.26 Å². The maximum absolute atomic E-state index is 13.2. The van der Waals surface area contributed by atoms with E-state index in [9.17, 15) is 4.39 Å². The Kier molecular flexibility index (Phi) is 2.79. The average molecular weight is 229 g/mol. The van der Waals surface area contributed by atoms with Crippen LogP contribution in [0.25, 0.3) is 0 Å². The summed E-state index contributed by atoms with van der Waals surface area (Å²) in [6.07, 6.45) is 0. The van der Waals surface area contributed by atoms with Gasteiger partial charge in [0.15, 0.2) is 0 Å². The van der Waals surface area contributed by atoms with E-state index in [0.29, 0.717) is 10.0 Å². The zero-order valence-corrected chi connectivity index (χ0v) is 7.73. The van der Waals surface area contributed by atoms with Gasteiger partial charge >= 0.3 is 0 Å². The fourth-order valence-electron chi connectivity index (χ4n) is 0.897. The Balaban J connectivity index is 3.38. The summed E-state index contributed by atoms with van der Waals surface area (Å²) in [4.78, 5) is 0. The highest BCUT2D eigenvalue weighted by Crippen LogP contribution is 2.21. The molecule has 0 radical (unpaired) electrons. The Labute approximate surface area is 77.9 Å². The first-order chi connectivity index (χ1) is 5.70. The number of nitriles is 1. The largest absolute Gasteiger partial charge is 0.326 e. The Morgan fingerprint density at radius 3 is 2.75 bits per heavy atom. The number of hydrogen-bond acceptors (Lipinski definition) is 2. The van der Waals surface area contributed by atoms with E-state index in [0.717, 1.165) is 0 Å². The van der Waals surface area contributed by atoms with Gasteiger partial charge in [-0.15, -0.1) is 0 Å². The maximum atomic E-state index is 13.2. The molecule has 0 amide bonds. The zero-order chi connectivity index (χ0) is 9.14. The van der Waals surface area contributed by atoms with Crippen molar-refractivity contribution < 1.29 is 4.39 Å². The van der Waals surface area contributed by atoms with E-state index >= 15 is 0 Å². The number of hydrogen-bond donors (Lipinski definition) is 1. The van der Waals surface area contributed by atoms with Crippen LogP contribution in [0.4, 0.5) is 4.39 Å². The maximum Gasteiger partial charge on any atom is 0.143 e. The minimum absolute atomic E-state index is 0.0359. The molecule has 2 nitrogen and oxygen atoms in total. The molecular formula is C8H6BrFN2. The molecule has 0 atom stereocenters. The highest BCUT2D eigenvalue weighted by molar-refractivity contribution is 9.10. The van der Waals surface area contributed by atoms with Gasteiger partial charge in [0, 0.05) is 12.1 Å². The summed E-state index contributed by atoms with van der Waals surface area (Å²) < 4.78 is 13.5. The van der Waals surface area contributed by atoms with Crippen molar-refractivity contribution >= 4 is 15.9 Å². The minimum atomic E-state index is -0.448. The Morgan fingerprint density at radius 2 is 2.25 bits per heavy atom. The van der Waals surface area contributed by atoms with Gasteiger partial charge in [-0.05, 0) is 28.1 Å². The van der Waals surface area contributed by atoms with Crippen molar-refractivity contribution in [3.05, 3.63) is 33.5 Å². The monoisotopic (exact) mass is 228 g/mol. The molecule has 1 aromatic rings. The predicted molar refractivity (Wildman–Crippen MR) is 46.7 cm³/mol. The van der Waals surface area contributed by atoms with Crippen LogP contribution in [0.2, 0.25) is 0 Å². The third-order valence-electron chi connectivity index (χ3n) is 1.52. The van der Waals surface area contributed by atoms with Gasteiger partial charge in [0.2, 0.25) is 0 Å². The molecule has 0 heterocycles. The molecule has 0 aliphatic carbocycles. The lowest BCUT2D eigenvalue weighted by atomic mass is 10.1. The summed E-state index contributed by atoms with van der Waals surface area (Å²) in [7, 11) is 0. The second kappa shape index (κ2) is 3.65. The molecule has 0 aliphatic heterocycles. The Hall–Kier alpha value is -0.920. The molecule has 1 aromatic carbocycles. The lowest BCUT2D eigenvalue weighted by molar-refractivity contribution is 0.603. The molecular weight excluding hydrogens is 223 g/mol. The van der Waals surface area contributed by atoms with Gasteiger partial charge in [0.25, 0.3) is 0 Å². The summed E-state index contributed by atoms with van der Waals surface area (Å²) in [6.45, 7) is 0.0359. The molecule has 0 bridgehead atoms. The summed E-state index contributed by atoms with van der Waals surface area (Å²) in [5, 5.41) is 8.58. The normalized spacial score (nSPS) is 9.50. The molecule has 0 fully saturated rings. The van der Waals surface area contributed by atoms with Crippen LogP contribution < -0.4 is 5.73 Å². The van der Waals surface area contributed by atoms with Crippen molar-refractivity contribution in [3.63, 3.8) is 0 Å². The van der Waals surface area contributed by atoms with Crippen molar-refractivity contribution in [1.82, 2.24) is 0 Å². The topological polar surface area (TPSA) is 49.8 Å². The molecule has 0 unspecified atom stereocenters. The molecule has 0 saturated carbocycles. The quantitative estimate of drug-likeness (QED) is 0.799. The molecule has 0 aliphatic rings. The first kappa shape index (κ1) is 9.17. The van der Waals surface area contributed by atoms with E-state index in [-0.39, 0.29) is 12.1 Å². The van der Waals surface area contributed by atoms with Gasteiger partial charge in [-0.1, -0.05) is 0 Å². The van der Waals surface area contributed by atoms with Crippen LogP contribution in [0, 0.1) is 17.1 Å². The van der Waals surface area contributed by atoms with Gasteiger partial charge in [-0.2, -0.15) is 5.26 Å². The molecule has 0 saturated heterocycles. The fourth-order valence-corrected chi connectivity index (χ4v) is 1.27. The summed E-state index contributed by atoms with van der Waals surface area (Å²) >= 11 is 3.01. The SMILES string of the molecule is N#Cc1ccc(Br)c(F)c1CN. The number of halogens is 2. The van der Waals surface area contributed by atoms with E-state index in [1.54, 1.807) is 0 Å².